The SMILES string of the molecule is CCCCOC(CCCCCCCCCCCCCC(C)C)C(=O)[O-].CCCCOC(CCCCCCCCCCCCCC(C)C)C(=O)[O-].CCCCOC(CCCCCCCCCCCCCC(C)C)C(=O)[O-].CCCCOC(CCCCCCCCCCCCCC(C)C)C(=O)[O-].[Zr+4]. The van der Waals surface area contributed by atoms with Crippen LogP contribution in [-0.4, -0.2) is 74.7 Å². The predicted octanol–water partition coefficient (Wildman–Crippen LogP) is 22.6. The minimum Gasteiger partial charge on any atom is -0.547 e. The van der Waals surface area contributed by atoms with Gasteiger partial charge in [0.15, 0.2) is 0 Å². The monoisotopic (exact) mass is 1510 g/mol. The molecule has 0 aliphatic rings. The molecule has 4 unspecified atom stereocenters. The van der Waals surface area contributed by atoms with Gasteiger partial charge in [0.25, 0.3) is 0 Å². The Morgan fingerprint density at radius 1 is 0.198 bits per heavy atom. The maximum Gasteiger partial charge on any atom is 4.00 e. The number of carbonyl (C=O) groups is 4. The van der Waals surface area contributed by atoms with Crippen LogP contribution in [0.2, 0.25) is 0 Å². The van der Waals surface area contributed by atoms with Crippen molar-refractivity contribution in [3.05, 3.63) is 0 Å². The number of rotatable bonds is 76. The summed E-state index contributed by atoms with van der Waals surface area (Å²) in [6, 6.07) is 0. The molecule has 0 amide bonds. The average Bonchev–Trinajstić information content (AvgIpc) is 1.24. The van der Waals surface area contributed by atoms with E-state index in [-0.39, 0.29) is 26.2 Å². The summed E-state index contributed by atoms with van der Waals surface area (Å²) in [6.45, 7) is 28.9. The summed E-state index contributed by atoms with van der Waals surface area (Å²) >= 11 is 0. The fraction of sp³-hybridized carbons (Fsp3) is 0.955. The van der Waals surface area contributed by atoms with Crippen molar-refractivity contribution in [2.75, 3.05) is 26.4 Å². The molecule has 0 N–H and O–H groups in total. The Morgan fingerprint density at radius 2 is 0.307 bits per heavy atom. The van der Waals surface area contributed by atoms with Crippen LogP contribution in [0.3, 0.4) is 0 Å². The van der Waals surface area contributed by atoms with Gasteiger partial charge in [0.2, 0.25) is 0 Å². The van der Waals surface area contributed by atoms with Crippen LogP contribution in [0.15, 0.2) is 0 Å². The number of carboxylic acids is 4. The van der Waals surface area contributed by atoms with Crippen LogP contribution < -0.4 is 20.4 Å². The van der Waals surface area contributed by atoms with Crippen LogP contribution >= 0.6 is 0 Å². The zero-order chi connectivity index (χ0) is 75.0. The molecule has 0 radical (unpaired) electrons. The Hall–Kier alpha value is -1.40. The Morgan fingerprint density at radius 3 is 0.406 bits per heavy atom. The largest absolute Gasteiger partial charge is 4.00 e. The van der Waals surface area contributed by atoms with Crippen LogP contribution in [0.4, 0.5) is 0 Å². The van der Waals surface area contributed by atoms with Crippen molar-refractivity contribution in [1.29, 1.82) is 0 Å². The summed E-state index contributed by atoms with van der Waals surface area (Å²) in [5.41, 5.74) is 0. The maximum absolute atomic E-state index is 11.0. The zero-order valence-corrected chi connectivity index (χ0v) is 71.7. The minimum atomic E-state index is -1.05. The zero-order valence-electron chi connectivity index (χ0n) is 69.3. The van der Waals surface area contributed by atoms with E-state index in [2.05, 4.69) is 83.1 Å². The van der Waals surface area contributed by atoms with E-state index in [0.717, 1.165) is 126 Å². The van der Waals surface area contributed by atoms with Crippen molar-refractivity contribution in [1.82, 2.24) is 0 Å². The van der Waals surface area contributed by atoms with Crippen LogP contribution in [0.25, 0.3) is 0 Å². The third-order valence-electron chi connectivity index (χ3n) is 19.3. The first kappa shape index (κ1) is 108. The molecule has 0 aromatic carbocycles. The van der Waals surface area contributed by atoms with Gasteiger partial charge in [-0.15, -0.1) is 0 Å². The first-order valence-corrected chi connectivity index (χ1v) is 43.6. The molecule has 0 aliphatic heterocycles. The molecule has 0 aromatic heterocycles. The van der Waals surface area contributed by atoms with E-state index >= 15 is 0 Å². The summed E-state index contributed by atoms with van der Waals surface area (Å²) in [5, 5.41) is 44.1. The van der Waals surface area contributed by atoms with Crippen LogP contribution in [0, 0.1) is 23.7 Å². The van der Waals surface area contributed by atoms with Gasteiger partial charge in [-0.2, -0.15) is 0 Å². The van der Waals surface area contributed by atoms with E-state index < -0.39 is 48.3 Å². The molecule has 0 heterocycles. The van der Waals surface area contributed by atoms with Gasteiger partial charge in [-0.1, -0.05) is 417 Å². The van der Waals surface area contributed by atoms with Gasteiger partial charge in [-0.3, -0.25) is 0 Å². The van der Waals surface area contributed by atoms with Crippen molar-refractivity contribution in [3.8, 4) is 0 Å². The first-order chi connectivity index (χ1) is 48.3. The summed E-state index contributed by atoms with van der Waals surface area (Å²) < 4.78 is 21.6. The number of carboxylic acid groups (broad SMARTS) is 4. The minimum absolute atomic E-state index is 0. The predicted molar refractivity (Wildman–Crippen MR) is 418 cm³/mol. The number of unbranched alkanes of at least 4 members (excludes halogenated alkanes) is 44. The van der Waals surface area contributed by atoms with E-state index in [4.69, 9.17) is 18.9 Å². The van der Waals surface area contributed by atoms with Gasteiger partial charge in [-0.25, -0.2) is 0 Å². The molecule has 12 nitrogen and oxygen atoms in total. The van der Waals surface area contributed by atoms with Gasteiger partial charge in [0, 0.05) is 26.4 Å². The molecule has 0 saturated carbocycles. The third-order valence-corrected chi connectivity index (χ3v) is 19.3. The Balaban J connectivity index is -0.000000404. The number of carbonyl (C=O) groups excluding carboxylic acids is 4. The summed E-state index contributed by atoms with van der Waals surface area (Å²) in [6.07, 6.45) is 69.5. The molecule has 600 valence electrons. The number of aliphatic carboxylic acids is 4. The van der Waals surface area contributed by atoms with Gasteiger partial charge in [0.05, 0.1) is 48.3 Å². The summed E-state index contributed by atoms with van der Waals surface area (Å²) in [5.74, 6) is -0.798. The summed E-state index contributed by atoms with van der Waals surface area (Å²) in [7, 11) is 0. The molecule has 0 saturated heterocycles. The Bertz CT molecular complexity index is 1400. The first-order valence-electron chi connectivity index (χ1n) is 43.6. The van der Waals surface area contributed by atoms with Gasteiger partial charge >= 0.3 is 26.2 Å². The third kappa shape index (κ3) is 94.6. The van der Waals surface area contributed by atoms with Gasteiger partial charge in [0.1, 0.15) is 0 Å². The fourth-order valence-electron chi connectivity index (χ4n) is 12.4. The van der Waals surface area contributed by atoms with Crippen molar-refractivity contribution < 1.29 is 84.8 Å². The maximum atomic E-state index is 11.0. The van der Waals surface area contributed by atoms with Crippen molar-refractivity contribution in [2.24, 2.45) is 23.7 Å². The van der Waals surface area contributed by atoms with Crippen LogP contribution in [-0.2, 0) is 64.3 Å². The number of ether oxygens (including phenoxy) is 4. The molecule has 0 bridgehead atoms. The molecule has 13 heteroatoms. The second kappa shape index (κ2) is 89.2. The topological polar surface area (TPSA) is 197 Å². The summed E-state index contributed by atoms with van der Waals surface area (Å²) in [4.78, 5) is 44.1. The van der Waals surface area contributed by atoms with Crippen LogP contribution in [0.5, 0.6) is 0 Å². The smallest absolute Gasteiger partial charge is 0.547 e. The molecular formula is C88H172O12Zr. The second-order valence-corrected chi connectivity index (χ2v) is 31.6. The molecule has 0 spiro atoms. The molecule has 0 aliphatic carbocycles. The van der Waals surface area contributed by atoms with Gasteiger partial charge in [-0.05, 0) is 75.0 Å². The van der Waals surface area contributed by atoms with E-state index in [1.54, 1.807) is 0 Å². The standard InChI is InChI=1S/4C22H44O3.Zr/c4*1-4-5-19-25-21(22(23)24)18-16-14-12-10-8-6-7-9-11-13-15-17-20(2)3;/h4*20-21H,4-19H2,1-3H3,(H,23,24);/q;;;;+4/p-4. The quantitative estimate of drug-likeness (QED) is 0.0523. The Labute approximate surface area is 647 Å². The molecule has 4 atom stereocenters. The van der Waals surface area contributed by atoms with Gasteiger partial charge < -0.3 is 58.6 Å². The van der Waals surface area contributed by atoms with Crippen LogP contribution in [0.1, 0.15) is 468 Å². The van der Waals surface area contributed by atoms with Crippen molar-refractivity contribution in [2.45, 2.75) is 493 Å². The van der Waals surface area contributed by atoms with E-state index in [1.807, 2.05) is 0 Å². The number of hydrogen-bond acceptors (Lipinski definition) is 12. The van der Waals surface area contributed by atoms with E-state index in [9.17, 15) is 39.6 Å². The van der Waals surface area contributed by atoms with E-state index in [0.29, 0.717) is 52.1 Å². The molecule has 0 aromatic rings. The fourth-order valence-corrected chi connectivity index (χ4v) is 12.4. The Kier molecular flexibility index (Phi) is 95.6. The molecule has 0 fully saturated rings. The average molecular weight is 1510 g/mol. The molecule has 101 heavy (non-hydrogen) atoms. The number of hydrogen-bond donors (Lipinski definition) is 0. The second-order valence-electron chi connectivity index (χ2n) is 31.6. The molecule has 0 rings (SSSR count). The normalized spacial score (nSPS) is 12.5. The molecular weight excluding hydrogens is 1340 g/mol. The van der Waals surface area contributed by atoms with Crippen molar-refractivity contribution in [3.63, 3.8) is 0 Å². The van der Waals surface area contributed by atoms with Crippen molar-refractivity contribution >= 4 is 23.9 Å². The van der Waals surface area contributed by atoms with E-state index in [1.165, 1.54) is 257 Å².